The van der Waals surface area contributed by atoms with Crippen molar-refractivity contribution in [2.24, 2.45) is 0 Å². The zero-order valence-electron chi connectivity index (χ0n) is 30.1. The Bertz CT molecular complexity index is 2990. The summed E-state index contributed by atoms with van der Waals surface area (Å²) in [6.45, 7) is 4.75. The summed E-state index contributed by atoms with van der Waals surface area (Å²) in [6, 6.07) is 65.2. The summed E-state index contributed by atoms with van der Waals surface area (Å²) in [7, 11) is 0. The SMILES string of the molecule is CC1(C)c2ccccc2-c2cccc(N(c3ccc4c(c3)C3(c5ccccc5-c5ccccc53)c3ccccc3-4)c3ccc4c(c3)oc3ccccc34)c21. The Morgan fingerprint density at radius 1 is 0.389 bits per heavy atom. The molecule has 0 atom stereocenters. The normalized spacial score (nSPS) is 14.8. The van der Waals surface area contributed by atoms with Gasteiger partial charge in [0, 0.05) is 33.6 Å². The van der Waals surface area contributed by atoms with Crippen molar-refractivity contribution in [1.82, 2.24) is 0 Å². The molecule has 0 unspecified atom stereocenters. The Hall–Kier alpha value is -6.64. The minimum Gasteiger partial charge on any atom is -0.456 e. The number of nitrogens with zero attached hydrogens (tertiary/aromatic N) is 1. The molecule has 0 bridgehead atoms. The van der Waals surface area contributed by atoms with Crippen LogP contribution in [0.3, 0.4) is 0 Å². The molecule has 0 radical (unpaired) electrons. The molecule has 0 fully saturated rings. The number of hydrogen-bond acceptors (Lipinski definition) is 2. The van der Waals surface area contributed by atoms with Crippen LogP contribution in [0.4, 0.5) is 17.1 Å². The maximum absolute atomic E-state index is 6.54. The second kappa shape index (κ2) is 10.5. The van der Waals surface area contributed by atoms with Crippen molar-refractivity contribution in [2.45, 2.75) is 24.7 Å². The maximum atomic E-state index is 6.54. The molecule has 2 nitrogen and oxygen atoms in total. The second-order valence-electron chi connectivity index (χ2n) is 15.6. The summed E-state index contributed by atoms with van der Waals surface area (Å²) in [4.78, 5) is 2.49. The van der Waals surface area contributed by atoms with E-state index in [1.807, 2.05) is 6.07 Å². The molecule has 0 aliphatic heterocycles. The molecule has 254 valence electrons. The highest BCUT2D eigenvalue weighted by molar-refractivity contribution is 6.06. The molecule has 0 saturated heterocycles. The van der Waals surface area contributed by atoms with Crippen molar-refractivity contribution in [1.29, 1.82) is 0 Å². The van der Waals surface area contributed by atoms with Gasteiger partial charge in [-0.05, 0) is 103 Å². The highest BCUT2D eigenvalue weighted by Gasteiger charge is 2.51. The van der Waals surface area contributed by atoms with Gasteiger partial charge in [-0.1, -0.05) is 147 Å². The van der Waals surface area contributed by atoms with E-state index in [1.54, 1.807) is 0 Å². The van der Waals surface area contributed by atoms with Gasteiger partial charge in [-0.25, -0.2) is 0 Å². The van der Waals surface area contributed by atoms with Gasteiger partial charge in [-0.2, -0.15) is 0 Å². The van der Waals surface area contributed by atoms with Crippen molar-refractivity contribution in [3.05, 3.63) is 209 Å². The summed E-state index contributed by atoms with van der Waals surface area (Å²) in [5, 5.41) is 2.27. The Morgan fingerprint density at radius 2 is 0.889 bits per heavy atom. The molecule has 54 heavy (non-hydrogen) atoms. The van der Waals surface area contributed by atoms with Gasteiger partial charge in [0.05, 0.1) is 11.1 Å². The van der Waals surface area contributed by atoms with Crippen LogP contribution in [0.1, 0.15) is 47.2 Å². The van der Waals surface area contributed by atoms with E-state index in [4.69, 9.17) is 4.42 Å². The maximum Gasteiger partial charge on any atom is 0.137 e. The van der Waals surface area contributed by atoms with Crippen molar-refractivity contribution in [3.63, 3.8) is 0 Å². The largest absolute Gasteiger partial charge is 0.456 e. The fraction of sp³-hybridized carbons (Fsp3) is 0.0769. The molecule has 1 heterocycles. The molecule has 9 aromatic rings. The standard InChI is InChI=1S/C52H35NO/c1-51(2)42-20-8-3-17-37(42)41-19-13-24-47(50(41)51)53(33-27-29-40-39-18-7-12-25-48(39)54-49(40)31-33)32-26-28-38-36-16-6-11-23-45(36)52(46(38)30-32)43-21-9-4-14-34(43)35-15-5-10-22-44(35)52/h3-31H,1-2H3. The Labute approximate surface area is 314 Å². The molecule has 0 amide bonds. The van der Waals surface area contributed by atoms with Crippen LogP contribution >= 0.6 is 0 Å². The first kappa shape index (κ1) is 29.9. The zero-order valence-corrected chi connectivity index (χ0v) is 30.1. The minimum atomic E-state index is -0.433. The third kappa shape index (κ3) is 3.65. The third-order valence-corrected chi connectivity index (χ3v) is 12.7. The fourth-order valence-electron chi connectivity index (χ4n) is 10.5. The lowest BCUT2D eigenvalue weighted by atomic mass is 9.70. The van der Waals surface area contributed by atoms with Gasteiger partial charge in [-0.15, -0.1) is 0 Å². The van der Waals surface area contributed by atoms with Crippen LogP contribution in [0.5, 0.6) is 0 Å². The van der Waals surface area contributed by atoms with E-state index in [-0.39, 0.29) is 5.41 Å². The lowest BCUT2D eigenvalue weighted by Gasteiger charge is -2.34. The Morgan fingerprint density at radius 3 is 1.57 bits per heavy atom. The Kier molecular flexibility index (Phi) is 5.81. The number of benzene rings is 8. The number of furan rings is 1. The van der Waals surface area contributed by atoms with Gasteiger partial charge >= 0.3 is 0 Å². The van der Waals surface area contributed by atoms with E-state index in [2.05, 4.69) is 189 Å². The number of rotatable bonds is 3. The average Bonchev–Trinajstić information content (AvgIpc) is 3.90. The van der Waals surface area contributed by atoms with Crippen LogP contribution in [0, 0.1) is 0 Å². The summed E-state index contributed by atoms with van der Waals surface area (Å²) in [5.41, 5.74) is 20.4. The van der Waals surface area contributed by atoms with Gasteiger partial charge < -0.3 is 9.32 Å². The van der Waals surface area contributed by atoms with Gasteiger partial charge in [0.1, 0.15) is 11.2 Å². The monoisotopic (exact) mass is 689 g/mol. The van der Waals surface area contributed by atoms with E-state index in [1.165, 1.54) is 72.4 Å². The fourth-order valence-corrected chi connectivity index (χ4v) is 10.5. The lowest BCUT2D eigenvalue weighted by molar-refractivity contribution is 0.660. The zero-order chi connectivity index (χ0) is 35.8. The van der Waals surface area contributed by atoms with E-state index in [0.717, 1.165) is 33.3 Å². The highest BCUT2D eigenvalue weighted by atomic mass is 16.3. The van der Waals surface area contributed by atoms with Crippen LogP contribution in [-0.2, 0) is 10.8 Å². The molecule has 1 spiro atoms. The molecular weight excluding hydrogens is 655 g/mol. The minimum absolute atomic E-state index is 0.207. The van der Waals surface area contributed by atoms with Gasteiger partial charge in [0.2, 0.25) is 0 Å². The molecular formula is C52H35NO. The van der Waals surface area contributed by atoms with Crippen molar-refractivity contribution >= 4 is 39.0 Å². The van der Waals surface area contributed by atoms with E-state index in [9.17, 15) is 0 Å². The quantitative estimate of drug-likeness (QED) is 0.184. The van der Waals surface area contributed by atoms with E-state index >= 15 is 0 Å². The van der Waals surface area contributed by atoms with Gasteiger partial charge in [0.15, 0.2) is 0 Å². The summed E-state index contributed by atoms with van der Waals surface area (Å²) >= 11 is 0. The number of anilines is 3. The highest BCUT2D eigenvalue weighted by Crippen LogP contribution is 2.63. The molecule has 0 N–H and O–H groups in total. The summed E-state index contributed by atoms with van der Waals surface area (Å²) in [6.07, 6.45) is 0. The summed E-state index contributed by atoms with van der Waals surface area (Å²) < 4.78 is 6.54. The predicted molar refractivity (Wildman–Crippen MR) is 222 cm³/mol. The van der Waals surface area contributed by atoms with Crippen molar-refractivity contribution in [3.8, 4) is 33.4 Å². The van der Waals surface area contributed by atoms with E-state index < -0.39 is 5.41 Å². The van der Waals surface area contributed by atoms with Gasteiger partial charge in [-0.3, -0.25) is 0 Å². The number of fused-ring (bicyclic) bond motifs is 16. The van der Waals surface area contributed by atoms with Crippen LogP contribution < -0.4 is 4.90 Å². The average molecular weight is 690 g/mol. The second-order valence-corrected chi connectivity index (χ2v) is 15.6. The lowest BCUT2D eigenvalue weighted by Crippen LogP contribution is -2.26. The summed E-state index contributed by atoms with van der Waals surface area (Å²) in [5.74, 6) is 0. The van der Waals surface area contributed by atoms with E-state index in [0.29, 0.717) is 0 Å². The molecule has 8 aromatic carbocycles. The first-order chi connectivity index (χ1) is 26.5. The molecule has 2 heteroatoms. The molecule has 12 rings (SSSR count). The van der Waals surface area contributed by atoms with Crippen molar-refractivity contribution in [2.75, 3.05) is 4.90 Å². The predicted octanol–water partition coefficient (Wildman–Crippen LogP) is 13.7. The first-order valence-corrected chi connectivity index (χ1v) is 18.9. The molecule has 3 aliphatic rings. The van der Waals surface area contributed by atoms with Crippen LogP contribution in [0.25, 0.3) is 55.3 Å². The first-order valence-electron chi connectivity index (χ1n) is 18.9. The van der Waals surface area contributed by atoms with Crippen LogP contribution in [0.2, 0.25) is 0 Å². The molecule has 3 aliphatic carbocycles. The van der Waals surface area contributed by atoms with Crippen molar-refractivity contribution < 1.29 is 4.42 Å². The Balaban J connectivity index is 1.16. The smallest absolute Gasteiger partial charge is 0.137 e. The number of hydrogen-bond donors (Lipinski definition) is 0. The van der Waals surface area contributed by atoms with Crippen LogP contribution in [-0.4, -0.2) is 0 Å². The number of para-hydroxylation sites is 1. The topological polar surface area (TPSA) is 16.4 Å². The van der Waals surface area contributed by atoms with Crippen LogP contribution in [0.15, 0.2) is 180 Å². The molecule has 1 aromatic heterocycles. The third-order valence-electron chi connectivity index (χ3n) is 12.7. The van der Waals surface area contributed by atoms with Gasteiger partial charge in [0.25, 0.3) is 0 Å². The molecule has 0 saturated carbocycles.